The molecule has 55 heavy (non-hydrogen) atoms. The zero-order valence-corrected chi connectivity index (χ0v) is 37.1. The molecule has 0 amide bonds. The van der Waals surface area contributed by atoms with E-state index in [9.17, 15) is 0 Å². The van der Waals surface area contributed by atoms with Gasteiger partial charge in [0.1, 0.15) is 4.70 Å². The van der Waals surface area contributed by atoms with Gasteiger partial charge in [0.05, 0.1) is 10.7 Å². The van der Waals surface area contributed by atoms with Crippen LogP contribution in [0, 0.1) is 0 Å². The van der Waals surface area contributed by atoms with E-state index in [2.05, 4.69) is 102 Å². The average molecular weight is 784 g/mol. The van der Waals surface area contributed by atoms with Crippen LogP contribution in [0.15, 0.2) is 82.8 Å². The van der Waals surface area contributed by atoms with E-state index in [4.69, 9.17) is 0 Å². The summed E-state index contributed by atoms with van der Waals surface area (Å²) in [6, 6.07) is 17.9. The molecule has 4 rings (SSSR count). The molecule has 2 heterocycles. The van der Waals surface area contributed by atoms with Crippen molar-refractivity contribution in [2.45, 2.75) is 205 Å². The Morgan fingerprint density at radius 2 is 1.00 bits per heavy atom. The lowest BCUT2D eigenvalue weighted by Crippen LogP contribution is -2.34. The second-order valence-electron chi connectivity index (χ2n) is 16.2. The fraction of sp³-hybridized carbons (Fsp3) is 0.627. The van der Waals surface area contributed by atoms with Gasteiger partial charge in [0, 0.05) is 30.0 Å². The van der Waals surface area contributed by atoms with Gasteiger partial charge in [0.25, 0.3) is 5.01 Å². The predicted octanol–water partition coefficient (Wildman–Crippen LogP) is 17.2. The van der Waals surface area contributed by atoms with Gasteiger partial charge in [-0.1, -0.05) is 240 Å². The molecule has 0 fully saturated rings. The van der Waals surface area contributed by atoms with Crippen molar-refractivity contribution in [1.82, 2.24) is 0 Å². The van der Waals surface area contributed by atoms with Crippen LogP contribution in [0.3, 0.4) is 0 Å². The van der Waals surface area contributed by atoms with Crippen molar-refractivity contribution in [2.75, 3.05) is 11.4 Å². The summed E-state index contributed by atoms with van der Waals surface area (Å²) in [7, 11) is 0. The standard InChI is InChI=1S/C51H79N2S2/c1-3-5-7-9-11-13-15-17-19-21-23-25-27-36-44-52-46-38-32-34-40-48(46)54-50(52)42-30-29-31-43-51-53(47-39-33-35-41-49(47)55-51)45-37-28-26-24-22-20-18-16-14-12-10-8-6-4-2/h29-35,38-43H,3-28,36-37,44-45H2,1-2H3/q+1. The maximum atomic E-state index is 2.56. The van der Waals surface area contributed by atoms with E-state index >= 15 is 0 Å². The second kappa shape index (κ2) is 29.9. The van der Waals surface area contributed by atoms with Gasteiger partial charge in [0.15, 0.2) is 6.54 Å². The zero-order valence-electron chi connectivity index (χ0n) is 35.4. The number of allylic oxidation sites excluding steroid dienone is 4. The van der Waals surface area contributed by atoms with E-state index in [1.807, 2.05) is 23.1 Å². The molecule has 0 spiro atoms. The first-order valence-corrected chi connectivity index (χ1v) is 25.0. The minimum Gasteiger partial charge on any atom is -0.335 e. The summed E-state index contributed by atoms with van der Waals surface area (Å²) < 4.78 is 3.95. The molecular formula is C51H79N2S2+. The number of anilines is 1. The number of thioether (sulfide) groups is 1. The monoisotopic (exact) mass is 784 g/mol. The molecule has 0 saturated carbocycles. The molecule has 0 N–H and O–H groups in total. The fourth-order valence-corrected chi connectivity index (χ4v) is 10.3. The van der Waals surface area contributed by atoms with Gasteiger partial charge in [-0.3, -0.25) is 0 Å². The molecule has 2 aromatic carbocycles. The van der Waals surface area contributed by atoms with Gasteiger partial charge in [-0.2, -0.15) is 4.57 Å². The highest BCUT2D eigenvalue weighted by Crippen LogP contribution is 2.45. The number of nitrogens with zero attached hydrogens (tertiary/aromatic N) is 2. The first kappa shape index (κ1) is 45.4. The van der Waals surface area contributed by atoms with Crippen LogP contribution in [0.5, 0.6) is 0 Å². The molecule has 1 aliphatic heterocycles. The van der Waals surface area contributed by atoms with Gasteiger partial charge < -0.3 is 4.90 Å². The number of unbranched alkanes of at least 4 members (excludes halogenated alkanes) is 26. The minimum atomic E-state index is 1.11. The Balaban J connectivity index is 1.15. The van der Waals surface area contributed by atoms with Crippen molar-refractivity contribution in [1.29, 1.82) is 0 Å². The van der Waals surface area contributed by atoms with E-state index < -0.39 is 0 Å². The molecule has 0 bridgehead atoms. The molecule has 304 valence electrons. The van der Waals surface area contributed by atoms with E-state index in [-0.39, 0.29) is 0 Å². The number of fused-ring (bicyclic) bond motifs is 2. The lowest BCUT2D eigenvalue weighted by Gasteiger charge is -2.20. The second-order valence-corrected chi connectivity index (χ2v) is 18.3. The summed E-state index contributed by atoms with van der Waals surface area (Å²) in [6.07, 6.45) is 50.7. The maximum absolute atomic E-state index is 2.56. The Hall–Kier alpha value is -2.30. The Kier molecular flexibility index (Phi) is 24.7. The summed E-state index contributed by atoms with van der Waals surface area (Å²) in [4.78, 5) is 3.95. The van der Waals surface area contributed by atoms with Crippen molar-refractivity contribution in [3.05, 3.63) is 82.9 Å². The largest absolute Gasteiger partial charge is 0.335 e. The molecule has 4 heteroatoms. The van der Waals surface area contributed by atoms with E-state index in [0.29, 0.717) is 0 Å². The molecule has 0 saturated heterocycles. The molecule has 2 nitrogen and oxygen atoms in total. The van der Waals surface area contributed by atoms with E-state index in [1.165, 1.54) is 211 Å². The number of benzene rings is 2. The third kappa shape index (κ3) is 18.2. The lowest BCUT2D eigenvalue weighted by molar-refractivity contribution is -0.669. The number of rotatable bonds is 33. The number of hydrogen-bond acceptors (Lipinski definition) is 3. The summed E-state index contributed by atoms with van der Waals surface area (Å²) >= 11 is 3.85. The van der Waals surface area contributed by atoms with Crippen molar-refractivity contribution in [2.24, 2.45) is 0 Å². The summed E-state index contributed by atoms with van der Waals surface area (Å²) in [5, 5.41) is 2.71. The zero-order chi connectivity index (χ0) is 38.4. The van der Waals surface area contributed by atoms with Crippen LogP contribution < -0.4 is 9.47 Å². The molecule has 3 aromatic rings. The quantitative estimate of drug-likeness (QED) is 0.0345. The van der Waals surface area contributed by atoms with E-state index in [0.717, 1.165) is 13.1 Å². The third-order valence-electron chi connectivity index (χ3n) is 11.4. The van der Waals surface area contributed by atoms with Crippen LogP contribution in [0.25, 0.3) is 16.3 Å². The lowest BCUT2D eigenvalue weighted by atomic mass is 10.0. The molecule has 0 aliphatic carbocycles. The Labute approximate surface area is 347 Å². The van der Waals surface area contributed by atoms with Gasteiger partial charge in [0.2, 0.25) is 5.52 Å². The third-order valence-corrected chi connectivity index (χ3v) is 13.7. The molecular weight excluding hydrogens is 705 g/mol. The first-order valence-electron chi connectivity index (χ1n) is 23.3. The Morgan fingerprint density at radius 3 is 1.58 bits per heavy atom. The van der Waals surface area contributed by atoms with Crippen molar-refractivity contribution in [3.8, 4) is 0 Å². The Morgan fingerprint density at radius 1 is 0.509 bits per heavy atom. The van der Waals surface area contributed by atoms with Gasteiger partial charge in [-0.25, -0.2) is 0 Å². The number of hydrogen-bond donors (Lipinski definition) is 0. The van der Waals surface area contributed by atoms with E-state index in [1.54, 1.807) is 0 Å². The number of aryl methyl sites for hydroxylation is 1. The van der Waals surface area contributed by atoms with Crippen molar-refractivity contribution >= 4 is 45.1 Å². The first-order chi connectivity index (χ1) is 27.3. The normalized spacial score (nSPS) is 13.8. The highest BCUT2D eigenvalue weighted by molar-refractivity contribution is 8.03. The van der Waals surface area contributed by atoms with Gasteiger partial charge >= 0.3 is 0 Å². The molecule has 0 radical (unpaired) electrons. The minimum absolute atomic E-state index is 1.11. The maximum Gasteiger partial charge on any atom is 0.262 e. The van der Waals surface area contributed by atoms with Crippen LogP contribution in [0.4, 0.5) is 5.69 Å². The molecule has 0 atom stereocenters. The fourth-order valence-electron chi connectivity index (χ4n) is 8.08. The van der Waals surface area contributed by atoms with Crippen molar-refractivity contribution in [3.63, 3.8) is 0 Å². The SMILES string of the molecule is CCCCCCCCCCCCCCCCN1C(=CC=CC=Cc2sc3ccccc3[n+]2CCCCCCCCCCCCCCCC)Sc2ccccc21. The van der Waals surface area contributed by atoms with Crippen LogP contribution in [-0.2, 0) is 6.54 Å². The highest BCUT2D eigenvalue weighted by Gasteiger charge is 2.23. The predicted molar refractivity (Wildman–Crippen MR) is 249 cm³/mol. The van der Waals surface area contributed by atoms with Crippen LogP contribution in [0.2, 0.25) is 0 Å². The van der Waals surface area contributed by atoms with Crippen LogP contribution in [-0.4, -0.2) is 6.54 Å². The molecule has 1 aromatic heterocycles. The summed E-state index contributed by atoms with van der Waals surface area (Å²) in [6.45, 7) is 6.83. The Bertz CT molecular complexity index is 1500. The van der Waals surface area contributed by atoms with Gasteiger partial charge in [-0.05, 0) is 37.1 Å². The number of para-hydroxylation sites is 2. The summed E-state index contributed by atoms with van der Waals surface area (Å²) in [5.41, 5.74) is 2.76. The smallest absolute Gasteiger partial charge is 0.262 e. The van der Waals surface area contributed by atoms with Gasteiger partial charge in [-0.15, -0.1) is 0 Å². The summed E-state index contributed by atoms with van der Waals surface area (Å²) in [5.74, 6) is 0. The highest BCUT2D eigenvalue weighted by atomic mass is 32.2. The van der Waals surface area contributed by atoms with Crippen LogP contribution in [0.1, 0.15) is 199 Å². The van der Waals surface area contributed by atoms with Crippen LogP contribution >= 0.6 is 23.1 Å². The number of thiazole rings is 1. The van der Waals surface area contributed by atoms with Crippen molar-refractivity contribution < 1.29 is 4.57 Å². The molecule has 0 unspecified atom stereocenters. The molecule has 1 aliphatic rings. The average Bonchev–Trinajstić information content (AvgIpc) is 3.75. The number of aromatic nitrogens is 1. The topological polar surface area (TPSA) is 7.12 Å².